The van der Waals surface area contributed by atoms with Gasteiger partial charge in [0.2, 0.25) is 0 Å². The number of aryl methyl sites for hydroxylation is 1. The summed E-state index contributed by atoms with van der Waals surface area (Å²) in [7, 11) is 1.83. The van der Waals surface area contributed by atoms with Crippen LogP contribution in [0.1, 0.15) is 35.3 Å². The molecular formula is C17H22N4O. The molecule has 116 valence electrons. The van der Waals surface area contributed by atoms with Crippen molar-refractivity contribution in [1.82, 2.24) is 9.78 Å². The van der Waals surface area contributed by atoms with Gasteiger partial charge in [-0.05, 0) is 50.5 Å². The predicted molar refractivity (Wildman–Crippen MR) is 88.4 cm³/mol. The lowest BCUT2D eigenvalue weighted by molar-refractivity contribution is 0.102. The van der Waals surface area contributed by atoms with Crippen LogP contribution in [0, 0.1) is 6.92 Å². The zero-order valence-electron chi connectivity index (χ0n) is 13.2. The first-order valence-electron chi connectivity index (χ1n) is 7.80. The van der Waals surface area contributed by atoms with Gasteiger partial charge in [0, 0.05) is 37.2 Å². The highest BCUT2D eigenvalue weighted by atomic mass is 16.1. The molecule has 22 heavy (non-hydrogen) atoms. The fourth-order valence-electron chi connectivity index (χ4n) is 2.83. The second kappa shape index (κ2) is 6.22. The van der Waals surface area contributed by atoms with Crippen molar-refractivity contribution in [3.63, 3.8) is 0 Å². The van der Waals surface area contributed by atoms with Crippen LogP contribution in [0.15, 0.2) is 30.5 Å². The minimum Gasteiger partial charge on any atom is -0.372 e. The number of carbonyl (C=O) groups is 1. The zero-order valence-corrected chi connectivity index (χ0v) is 13.2. The molecule has 0 radical (unpaired) electrons. The van der Waals surface area contributed by atoms with Gasteiger partial charge in [-0.25, -0.2) is 0 Å². The van der Waals surface area contributed by atoms with Crippen LogP contribution in [0.2, 0.25) is 0 Å². The molecule has 0 spiro atoms. The van der Waals surface area contributed by atoms with Gasteiger partial charge in [0.25, 0.3) is 5.91 Å². The lowest BCUT2D eigenvalue weighted by Gasteiger charge is -2.28. The molecule has 1 aromatic heterocycles. The molecule has 1 aromatic carbocycles. The first kappa shape index (κ1) is 14.6. The Morgan fingerprint density at radius 1 is 1.14 bits per heavy atom. The summed E-state index contributed by atoms with van der Waals surface area (Å²) in [6, 6.07) is 8.09. The van der Waals surface area contributed by atoms with E-state index in [0.717, 1.165) is 24.5 Å². The minimum absolute atomic E-state index is 0.115. The minimum atomic E-state index is -0.115. The molecule has 3 rings (SSSR count). The Morgan fingerprint density at radius 3 is 2.41 bits per heavy atom. The van der Waals surface area contributed by atoms with Crippen molar-refractivity contribution in [1.29, 1.82) is 0 Å². The average Bonchev–Trinajstić information content (AvgIpc) is 2.88. The highest BCUT2D eigenvalue weighted by Gasteiger charge is 2.14. The van der Waals surface area contributed by atoms with Gasteiger partial charge >= 0.3 is 0 Å². The molecule has 0 atom stereocenters. The Hall–Kier alpha value is -2.30. The number of hydrogen-bond donors (Lipinski definition) is 1. The van der Waals surface area contributed by atoms with E-state index >= 15 is 0 Å². The molecule has 1 fully saturated rings. The highest BCUT2D eigenvalue weighted by molar-refractivity contribution is 6.04. The Morgan fingerprint density at radius 2 is 1.82 bits per heavy atom. The molecule has 0 bridgehead atoms. The highest BCUT2D eigenvalue weighted by Crippen LogP contribution is 2.22. The molecule has 1 aliphatic rings. The monoisotopic (exact) mass is 298 g/mol. The first-order chi connectivity index (χ1) is 10.6. The number of piperidine rings is 1. The summed E-state index contributed by atoms with van der Waals surface area (Å²) >= 11 is 0. The van der Waals surface area contributed by atoms with Crippen LogP contribution in [0.5, 0.6) is 0 Å². The van der Waals surface area contributed by atoms with E-state index in [2.05, 4.69) is 27.4 Å². The van der Waals surface area contributed by atoms with E-state index in [9.17, 15) is 4.79 Å². The van der Waals surface area contributed by atoms with E-state index in [1.54, 1.807) is 10.9 Å². The van der Waals surface area contributed by atoms with Crippen molar-refractivity contribution in [2.24, 2.45) is 7.05 Å². The molecule has 2 heterocycles. The third-order valence-electron chi connectivity index (χ3n) is 4.33. The summed E-state index contributed by atoms with van der Waals surface area (Å²) in [5, 5.41) is 7.04. The quantitative estimate of drug-likeness (QED) is 0.947. The third-order valence-corrected chi connectivity index (χ3v) is 4.33. The normalized spacial score (nSPS) is 14.9. The molecule has 2 aromatic rings. The van der Waals surface area contributed by atoms with Gasteiger partial charge in [-0.1, -0.05) is 0 Å². The Kier molecular flexibility index (Phi) is 4.13. The number of nitrogens with zero attached hydrogens (tertiary/aromatic N) is 3. The van der Waals surface area contributed by atoms with Gasteiger partial charge < -0.3 is 10.2 Å². The van der Waals surface area contributed by atoms with Crippen molar-refractivity contribution < 1.29 is 4.79 Å². The lowest BCUT2D eigenvalue weighted by atomic mass is 10.1. The largest absolute Gasteiger partial charge is 0.372 e. The van der Waals surface area contributed by atoms with Crippen LogP contribution in [0.4, 0.5) is 11.4 Å². The molecule has 5 heteroatoms. The first-order valence-corrected chi connectivity index (χ1v) is 7.80. The SMILES string of the molecule is Cc1c(C(=O)Nc2ccc(N3CCCCC3)cc2)cnn1C. The summed E-state index contributed by atoms with van der Waals surface area (Å²) in [5.74, 6) is -0.115. The Bertz CT molecular complexity index is 654. The summed E-state index contributed by atoms with van der Waals surface area (Å²) in [6.07, 6.45) is 5.46. The van der Waals surface area contributed by atoms with E-state index in [1.807, 2.05) is 26.1 Å². The van der Waals surface area contributed by atoms with Crippen molar-refractivity contribution in [2.45, 2.75) is 26.2 Å². The second-order valence-electron chi connectivity index (χ2n) is 5.82. The van der Waals surface area contributed by atoms with E-state index < -0.39 is 0 Å². The topological polar surface area (TPSA) is 50.2 Å². The molecule has 1 N–H and O–H groups in total. The summed E-state index contributed by atoms with van der Waals surface area (Å²) in [6.45, 7) is 4.14. The maximum absolute atomic E-state index is 12.3. The lowest BCUT2D eigenvalue weighted by Crippen LogP contribution is -2.29. The standard InChI is InChI=1S/C17H22N4O/c1-13-16(12-18-20(13)2)17(22)19-14-6-8-15(9-7-14)21-10-4-3-5-11-21/h6-9,12H,3-5,10-11H2,1-2H3,(H,19,22). The van der Waals surface area contributed by atoms with Crippen LogP contribution >= 0.6 is 0 Å². The molecular weight excluding hydrogens is 276 g/mol. The van der Waals surface area contributed by atoms with Crippen molar-refractivity contribution >= 4 is 17.3 Å². The number of carbonyl (C=O) groups excluding carboxylic acids is 1. The van der Waals surface area contributed by atoms with Crippen molar-refractivity contribution in [3.8, 4) is 0 Å². The van der Waals surface area contributed by atoms with E-state index in [1.165, 1.54) is 24.9 Å². The number of amides is 1. The van der Waals surface area contributed by atoms with Crippen LogP contribution in [0.25, 0.3) is 0 Å². The second-order valence-corrected chi connectivity index (χ2v) is 5.82. The number of nitrogens with one attached hydrogen (secondary N) is 1. The van der Waals surface area contributed by atoms with Gasteiger partial charge in [-0.15, -0.1) is 0 Å². The summed E-state index contributed by atoms with van der Waals surface area (Å²) in [5.41, 5.74) is 3.52. The van der Waals surface area contributed by atoms with Crippen LogP contribution < -0.4 is 10.2 Å². The van der Waals surface area contributed by atoms with E-state index in [4.69, 9.17) is 0 Å². The van der Waals surface area contributed by atoms with Gasteiger partial charge in [0.15, 0.2) is 0 Å². The van der Waals surface area contributed by atoms with Crippen molar-refractivity contribution in [3.05, 3.63) is 41.7 Å². The fourth-order valence-corrected chi connectivity index (χ4v) is 2.83. The molecule has 1 amide bonds. The van der Waals surface area contributed by atoms with E-state index in [0.29, 0.717) is 5.56 Å². The van der Waals surface area contributed by atoms with E-state index in [-0.39, 0.29) is 5.91 Å². The number of rotatable bonds is 3. The van der Waals surface area contributed by atoms with Gasteiger partial charge in [0.05, 0.1) is 11.8 Å². The zero-order chi connectivity index (χ0) is 15.5. The van der Waals surface area contributed by atoms with Gasteiger partial charge in [-0.3, -0.25) is 9.48 Å². The number of hydrogen-bond acceptors (Lipinski definition) is 3. The Balaban J connectivity index is 1.68. The van der Waals surface area contributed by atoms with Gasteiger partial charge in [0.1, 0.15) is 0 Å². The summed E-state index contributed by atoms with van der Waals surface area (Å²) < 4.78 is 1.70. The molecule has 0 aliphatic carbocycles. The molecule has 0 saturated carbocycles. The van der Waals surface area contributed by atoms with Gasteiger partial charge in [-0.2, -0.15) is 5.10 Å². The Labute approximate surface area is 130 Å². The number of anilines is 2. The average molecular weight is 298 g/mol. The van der Waals surface area contributed by atoms with Crippen LogP contribution in [-0.4, -0.2) is 28.8 Å². The smallest absolute Gasteiger partial charge is 0.259 e. The third kappa shape index (κ3) is 2.98. The molecule has 1 saturated heterocycles. The summed E-state index contributed by atoms with van der Waals surface area (Å²) in [4.78, 5) is 14.7. The molecule has 1 aliphatic heterocycles. The number of benzene rings is 1. The molecule has 5 nitrogen and oxygen atoms in total. The molecule has 0 unspecified atom stereocenters. The predicted octanol–water partition coefficient (Wildman–Crippen LogP) is 2.97. The maximum Gasteiger partial charge on any atom is 0.259 e. The number of aromatic nitrogens is 2. The fraction of sp³-hybridized carbons (Fsp3) is 0.412. The maximum atomic E-state index is 12.3. The van der Waals surface area contributed by atoms with Crippen LogP contribution in [0.3, 0.4) is 0 Å². The van der Waals surface area contributed by atoms with Crippen molar-refractivity contribution in [2.75, 3.05) is 23.3 Å². The van der Waals surface area contributed by atoms with Crippen LogP contribution in [-0.2, 0) is 7.05 Å².